The maximum absolute atomic E-state index is 12.7. The molecule has 4 rings (SSSR count). The first kappa shape index (κ1) is 16.8. The largest absolute Gasteiger partial charge is 0.497 e. The van der Waals surface area contributed by atoms with E-state index < -0.39 is 0 Å². The van der Waals surface area contributed by atoms with Gasteiger partial charge in [0.05, 0.1) is 13.7 Å². The second-order valence-corrected chi connectivity index (χ2v) is 7.41. The molecule has 0 aliphatic carbocycles. The fraction of sp³-hybridized carbons (Fsp3) is 0.389. The minimum atomic E-state index is -0.358. The quantitative estimate of drug-likeness (QED) is 0.699. The molecule has 1 saturated heterocycles. The van der Waals surface area contributed by atoms with Gasteiger partial charge in [0.25, 0.3) is 5.56 Å². The van der Waals surface area contributed by atoms with E-state index in [-0.39, 0.29) is 11.2 Å². The number of rotatable bonds is 4. The molecule has 0 N–H and O–H groups in total. The van der Waals surface area contributed by atoms with Gasteiger partial charge in [0, 0.05) is 20.1 Å². The lowest BCUT2D eigenvalue weighted by Crippen LogP contribution is -2.38. The molecule has 1 fully saturated rings. The summed E-state index contributed by atoms with van der Waals surface area (Å²) < 4.78 is 8.52. The van der Waals surface area contributed by atoms with Crippen LogP contribution in [0.1, 0.15) is 18.4 Å². The number of benzene rings is 1. The van der Waals surface area contributed by atoms with Crippen molar-refractivity contribution >= 4 is 26.8 Å². The molecule has 1 aliphatic heterocycles. The first-order chi connectivity index (χ1) is 12.6. The average molecular weight is 372 g/mol. The predicted octanol–water partition coefficient (Wildman–Crippen LogP) is 1.81. The predicted molar refractivity (Wildman–Crippen MR) is 103 cm³/mol. The summed E-state index contributed by atoms with van der Waals surface area (Å²) in [5.41, 5.74) is 0.744. The molecule has 0 unspecified atom stereocenters. The molecule has 0 atom stereocenters. The molecule has 2 aromatic heterocycles. The number of aromatic nitrogens is 3. The molecule has 3 heterocycles. The lowest BCUT2D eigenvalue weighted by atomic mass is 10.2. The van der Waals surface area contributed by atoms with E-state index in [1.807, 2.05) is 24.3 Å². The first-order valence-electron chi connectivity index (χ1n) is 8.56. The number of thiazole rings is 1. The van der Waals surface area contributed by atoms with Gasteiger partial charge in [-0.25, -0.2) is 9.78 Å². The zero-order valence-corrected chi connectivity index (χ0v) is 15.6. The van der Waals surface area contributed by atoms with Gasteiger partial charge in [-0.05, 0) is 30.5 Å². The Bertz CT molecular complexity index is 1080. The fourth-order valence-electron chi connectivity index (χ4n) is 3.27. The van der Waals surface area contributed by atoms with E-state index in [4.69, 9.17) is 4.74 Å². The SMILES string of the molecule is COc1cccc(Cn2c(=O)n(C)c(=O)c3sc(N4CCCC4)nc32)c1. The molecule has 0 radical (unpaired) electrons. The van der Waals surface area contributed by atoms with Gasteiger partial charge >= 0.3 is 5.69 Å². The van der Waals surface area contributed by atoms with E-state index in [0.29, 0.717) is 16.9 Å². The zero-order valence-electron chi connectivity index (χ0n) is 14.8. The second kappa shape index (κ2) is 6.60. The summed E-state index contributed by atoms with van der Waals surface area (Å²) in [5.74, 6) is 0.729. The molecule has 26 heavy (non-hydrogen) atoms. The Hall–Kier alpha value is -2.61. The van der Waals surface area contributed by atoms with E-state index in [0.717, 1.165) is 46.9 Å². The molecule has 3 aromatic rings. The Labute approximate surface area is 154 Å². The number of fused-ring (bicyclic) bond motifs is 1. The van der Waals surface area contributed by atoms with Crippen LogP contribution in [0.15, 0.2) is 33.9 Å². The summed E-state index contributed by atoms with van der Waals surface area (Å²) in [6.45, 7) is 2.23. The van der Waals surface area contributed by atoms with Crippen molar-refractivity contribution in [2.45, 2.75) is 19.4 Å². The van der Waals surface area contributed by atoms with Gasteiger partial charge in [0.2, 0.25) is 0 Å². The Morgan fingerprint density at radius 3 is 2.73 bits per heavy atom. The van der Waals surface area contributed by atoms with Gasteiger partial charge in [-0.3, -0.25) is 13.9 Å². The summed E-state index contributed by atoms with van der Waals surface area (Å²) in [6.07, 6.45) is 2.26. The monoisotopic (exact) mass is 372 g/mol. The second-order valence-electron chi connectivity index (χ2n) is 6.43. The van der Waals surface area contributed by atoms with E-state index in [1.54, 1.807) is 11.7 Å². The molecule has 7 nitrogen and oxygen atoms in total. The third kappa shape index (κ3) is 2.80. The van der Waals surface area contributed by atoms with E-state index in [2.05, 4.69) is 9.88 Å². The Kier molecular flexibility index (Phi) is 4.28. The fourth-order valence-corrected chi connectivity index (χ4v) is 4.37. The number of nitrogens with zero attached hydrogens (tertiary/aromatic N) is 4. The van der Waals surface area contributed by atoms with Crippen LogP contribution in [0.4, 0.5) is 5.13 Å². The Morgan fingerprint density at radius 2 is 2.00 bits per heavy atom. The number of methoxy groups -OCH3 is 1. The normalized spacial score (nSPS) is 14.3. The van der Waals surface area contributed by atoms with Gasteiger partial charge in [-0.2, -0.15) is 0 Å². The van der Waals surface area contributed by atoms with Crippen molar-refractivity contribution in [3.63, 3.8) is 0 Å². The van der Waals surface area contributed by atoms with Crippen LogP contribution in [0, 0.1) is 0 Å². The Balaban J connectivity index is 1.86. The number of hydrogen-bond donors (Lipinski definition) is 0. The molecule has 0 amide bonds. The van der Waals surface area contributed by atoms with Gasteiger partial charge in [0.1, 0.15) is 10.4 Å². The summed E-state index contributed by atoms with van der Waals surface area (Å²) in [7, 11) is 3.12. The molecule has 1 aliphatic rings. The van der Waals surface area contributed by atoms with Crippen LogP contribution in [-0.4, -0.2) is 34.3 Å². The highest BCUT2D eigenvalue weighted by Crippen LogP contribution is 2.28. The summed E-state index contributed by atoms with van der Waals surface area (Å²) >= 11 is 1.37. The number of anilines is 1. The molecule has 0 bridgehead atoms. The number of ether oxygens (including phenoxy) is 1. The summed E-state index contributed by atoms with van der Waals surface area (Å²) in [6, 6.07) is 7.56. The van der Waals surface area contributed by atoms with Gasteiger partial charge < -0.3 is 9.64 Å². The Morgan fingerprint density at radius 1 is 1.23 bits per heavy atom. The maximum atomic E-state index is 12.7. The van der Waals surface area contributed by atoms with Crippen LogP contribution >= 0.6 is 11.3 Å². The molecule has 8 heteroatoms. The molecule has 1 aromatic carbocycles. The maximum Gasteiger partial charge on any atom is 0.332 e. The van der Waals surface area contributed by atoms with Crippen molar-refractivity contribution in [1.29, 1.82) is 0 Å². The number of hydrogen-bond acceptors (Lipinski definition) is 6. The van der Waals surface area contributed by atoms with Crippen molar-refractivity contribution in [1.82, 2.24) is 14.1 Å². The molecule has 136 valence electrons. The van der Waals surface area contributed by atoms with Crippen molar-refractivity contribution in [3.8, 4) is 5.75 Å². The third-order valence-corrected chi connectivity index (χ3v) is 5.82. The topological polar surface area (TPSA) is 69.4 Å². The highest BCUT2D eigenvalue weighted by molar-refractivity contribution is 7.22. The van der Waals surface area contributed by atoms with Gasteiger partial charge in [0.15, 0.2) is 10.8 Å². The van der Waals surface area contributed by atoms with Crippen LogP contribution in [0.5, 0.6) is 5.75 Å². The van der Waals surface area contributed by atoms with Crippen molar-refractivity contribution in [3.05, 3.63) is 50.7 Å². The average Bonchev–Trinajstić information content (AvgIpc) is 3.33. The highest BCUT2D eigenvalue weighted by Gasteiger charge is 2.21. The lowest BCUT2D eigenvalue weighted by molar-refractivity contribution is 0.414. The minimum absolute atomic E-state index is 0.283. The van der Waals surface area contributed by atoms with E-state index >= 15 is 0 Å². The van der Waals surface area contributed by atoms with Crippen molar-refractivity contribution in [2.24, 2.45) is 7.05 Å². The van der Waals surface area contributed by atoms with E-state index in [9.17, 15) is 9.59 Å². The lowest BCUT2D eigenvalue weighted by Gasteiger charge is -2.12. The highest BCUT2D eigenvalue weighted by atomic mass is 32.1. The van der Waals surface area contributed by atoms with Crippen LogP contribution in [0.2, 0.25) is 0 Å². The van der Waals surface area contributed by atoms with Gasteiger partial charge in [-0.1, -0.05) is 23.5 Å². The molecular weight excluding hydrogens is 352 g/mol. The summed E-state index contributed by atoms with van der Waals surface area (Å²) in [4.78, 5) is 32.1. The zero-order chi connectivity index (χ0) is 18.3. The standard InChI is InChI=1S/C18H20N4O3S/c1-20-16(23)14-15(19-17(26-14)21-8-3-4-9-21)22(18(20)24)11-12-6-5-7-13(10-12)25-2/h5-7,10H,3-4,8-9,11H2,1-2H3. The summed E-state index contributed by atoms with van der Waals surface area (Å²) in [5, 5.41) is 0.819. The molecular formula is C18H20N4O3S. The van der Waals surface area contributed by atoms with Gasteiger partial charge in [-0.15, -0.1) is 0 Å². The molecule has 0 spiro atoms. The van der Waals surface area contributed by atoms with Crippen LogP contribution in [-0.2, 0) is 13.6 Å². The van der Waals surface area contributed by atoms with Crippen LogP contribution in [0.3, 0.4) is 0 Å². The van der Waals surface area contributed by atoms with E-state index in [1.165, 1.54) is 18.4 Å². The third-order valence-electron chi connectivity index (χ3n) is 4.72. The van der Waals surface area contributed by atoms with Crippen LogP contribution < -0.4 is 20.9 Å². The smallest absolute Gasteiger partial charge is 0.332 e. The first-order valence-corrected chi connectivity index (χ1v) is 9.38. The molecule has 0 saturated carbocycles. The van der Waals surface area contributed by atoms with Crippen LogP contribution in [0.25, 0.3) is 10.3 Å². The van der Waals surface area contributed by atoms with Crippen molar-refractivity contribution < 1.29 is 4.74 Å². The minimum Gasteiger partial charge on any atom is -0.497 e. The van der Waals surface area contributed by atoms with Crippen molar-refractivity contribution in [2.75, 3.05) is 25.1 Å².